The molecule has 1 heterocycles. The maximum Gasteiger partial charge on any atom is 0.276 e. The summed E-state index contributed by atoms with van der Waals surface area (Å²) in [7, 11) is -2.14. The molecule has 0 aliphatic heterocycles. The van der Waals surface area contributed by atoms with E-state index in [1.165, 1.54) is 31.9 Å². The van der Waals surface area contributed by atoms with Gasteiger partial charge in [0.1, 0.15) is 18.4 Å². The molecule has 2 rings (SSSR count). The maximum absolute atomic E-state index is 11.9. The van der Waals surface area contributed by atoms with Gasteiger partial charge in [-0.1, -0.05) is 0 Å². The van der Waals surface area contributed by atoms with E-state index < -0.39 is 10.0 Å². The molecule has 8 heteroatoms. The average Bonchev–Trinajstić information content (AvgIpc) is 2.81. The van der Waals surface area contributed by atoms with E-state index in [0.29, 0.717) is 5.75 Å². The molecule has 0 unspecified atom stereocenters. The molecule has 7 nitrogen and oxygen atoms in total. The molecule has 0 amide bonds. The van der Waals surface area contributed by atoms with E-state index in [9.17, 15) is 8.42 Å². The topological polar surface area (TPSA) is 86.1 Å². The Labute approximate surface area is 98.1 Å². The van der Waals surface area contributed by atoms with Gasteiger partial charge in [-0.05, 0) is 24.3 Å². The summed E-state index contributed by atoms with van der Waals surface area (Å²) in [5.41, 5.74) is 0. The van der Waals surface area contributed by atoms with Crippen LogP contribution in [0.25, 0.3) is 0 Å². The third-order valence-corrected chi connectivity index (χ3v) is 3.32. The van der Waals surface area contributed by atoms with Gasteiger partial charge in [-0.15, -0.1) is 5.10 Å². The van der Waals surface area contributed by atoms with Crippen molar-refractivity contribution in [1.29, 1.82) is 0 Å². The third-order valence-electron chi connectivity index (χ3n) is 2.00. The smallest absolute Gasteiger partial charge is 0.276 e. The largest absolute Gasteiger partial charge is 0.497 e. The number of aromatic nitrogens is 3. The molecule has 0 aliphatic carbocycles. The first kappa shape index (κ1) is 11.4. The maximum atomic E-state index is 11.9. The van der Waals surface area contributed by atoms with Gasteiger partial charge in [0.05, 0.1) is 12.0 Å². The van der Waals surface area contributed by atoms with Crippen molar-refractivity contribution < 1.29 is 13.2 Å². The standard InChI is InChI=1S/C9H10N4O3S/c1-16-8-2-4-9(5-3-8)17(14,15)12-13-7-10-6-11-13/h2-7,12H,1H3. The Morgan fingerprint density at radius 2 is 2.00 bits per heavy atom. The molecule has 0 saturated heterocycles. The number of hydrogen-bond donors (Lipinski definition) is 1. The zero-order valence-electron chi connectivity index (χ0n) is 8.94. The number of ether oxygens (including phenoxy) is 1. The lowest BCUT2D eigenvalue weighted by molar-refractivity contribution is 0.414. The van der Waals surface area contributed by atoms with E-state index in [0.717, 1.165) is 4.79 Å². The van der Waals surface area contributed by atoms with Crippen LogP contribution in [0.15, 0.2) is 41.8 Å². The molecule has 2 aromatic rings. The van der Waals surface area contributed by atoms with Gasteiger partial charge in [0.25, 0.3) is 10.0 Å². The van der Waals surface area contributed by atoms with Crippen LogP contribution in [-0.4, -0.2) is 30.4 Å². The van der Waals surface area contributed by atoms with Crippen LogP contribution in [0.2, 0.25) is 0 Å². The fourth-order valence-corrected chi connectivity index (χ4v) is 2.13. The van der Waals surface area contributed by atoms with Crippen molar-refractivity contribution in [3.8, 4) is 5.75 Å². The van der Waals surface area contributed by atoms with Crippen molar-refractivity contribution >= 4 is 10.0 Å². The van der Waals surface area contributed by atoms with Crippen LogP contribution < -0.4 is 9.57 Å². The summed E-state index contributed by atoms with van der Waals surface area (Å²) in [6.45, 7) is 0. The van der Waals surface area contributed by atoms with Gasteiger partial charge in [-0.25, -0.2) is 4.98 Å². The van der Waals surface area contributed by atoms with E-state index in [1.54, 1.807) is 12.1 Å². The van der Waals surface area contributed by atoms with Crippen LogP contribution >= 0.6 is 0 Å². The zero-order valence-corrected chi connectivity index (χ0v) is 9.76. The first-order chi connectivity index (χ1) is 8.12. The van der Waals surface area contributed by atoms with Gasteiger partial charge in [-0.2, -0.15) is 18.0 Å². The van der Waals surface area contributed by atoms with E-state index in [1.807, 2.05) is 0 Å². The number of nitrogens with one attached hydrogen (secondary N) is 1. The molecule has 0 saturated carbocycles. The predicted molar refractivity (Wildman–Crippen MR) is 59.6 cm³/mol. The van der Waals surface area contributed by atoms with E-state index in [4.69, 9.17) is 4.74 Å². The van der Waals surface area contributed by atoms with E-state index >= 15 is 0 Å². The lowest BCUT2D eigenvalue weighted by Gasteiger charge is -2.07. The Hall–Kier alpha value is -2.09. The van der Waals surface area contributed by atoms with Gasteiger partial charge in [0.2, 0.25) is 0 Å². The molecule has 17 heavy (non-hydrogen) atoms. The lowest BCUT2D eigenvalue weighted by Crippen LogP contribution is -2.23. The van der Waals surface area contributed by atoms with Gasteiger partial charge in [0, 0.05) is 0 Å². The minimum absolute atomic E-state index is 0.119. The Balaban J connectivity index is 2.25. The molecule has 0 radical (unpaired) electrons. The molecule has 0 spiro atoms. The van der Waals surface area contributed by atoms with Crippen molar-refractivity contribution in [3.05, 3.63) is 36.9 Å². The Bertz CT molecular complexity index is 577. The second-order valence-electron chi connectivity index (χ2n) is 3.11. The second-order valence-corrected chi connectivity index (χ2v) is 4.77. The minimum atomic E-state index is -3.65. The van der Waals surface area contributed by atoms with Crippen LogP contribution in [0.3, 0.4) is 0 Å². The number of hydrogen-bond acceptors (Lipinski definition) is 5. The quantitative estimate of drug-likeness (QED) is 0.843. The molecule has 1 aromatic heterocycles. The molecule has 1 aromatic carbocycles. The van der Waals surface area contributed by atoms with Crippen LogP contribution in [0.1, 0.15) is 0 Å². The van der Waals surface area contributed by atoms with Gasteiger partial charge in [-0.3, -0.25) is 0 Å². The van der Waals surface area contributed by atoms with Gasteiger partial charge >= 0.3 is 0 Å². The monoisotopic (exact) mass is 254 g/mol. The SMILES string of the molecule is COc1ccc(S(=O)(=O)Nn2cncn2)cc1. The highest BCUT2D eigenvalue weighted by Crippen LogP contribution is 2.15. The van der Waals surface area contributed by atoms with Crippen LogP contribution in [0, 0.1) is 0 Å². The van der Waals surface area contributed by atoms with Crippen molar-refractivity contribution in [3.63, 3.8) is 0 Å². The Morgan fingerprint density at radius 1 is 1.29 bits per heavy atom. The fraction of sp³-hybridized carbons (Fsp3) is 0.111. The molecule has 0 bridgehead atoms. The molecule has 0 fully saturated rings. The first-order valence-corrected chi connectivity index (χ1v) is 6.11. The average molecular weight is 254 g/mol. The van der Waals surface area contributed by atoms with Gasteiger partial charge in [0.15, 0.2) is 0 Å². The summed E-state index contributed by atoms with van der Waals surface area (Å²) in [6, 6.07) is 6.02. The molecule has 0 aliphatic rings. The van der Waals surface area contributed by atoms with Crippen LogP contribution in [-0.2, 0) is 10.0 Å². The predicted octanol–water partition coefficient (Wildman–Crippen LogP) is 0.219. The Kier molecular flexibility index (Phi) is 2.96. The first-order valence-electron chi connectivity index (χ1n) is 4.63. The van der Waals surface area contributed by atoms with Crippen molar-refractivity contribution in [2.45, 2.75) is 4.90 Å². The number of sulfonamides is 1. The number of methoxy groups -OCH3 is 1. The minimum Gasteiger partial charge on any atom is -0.497 e. The highest BCUT2D eigenvalue weighted by atomic mass is 32.2. The van der Waals surface area contributed by atoms with Crippen molar-refractivity contribution in [1.82, 2.24) is 14.9 Å². The summed E-state index contributed by atoms with van der Waals surface area (Å²) in [4.78, 5) is 6.99. The lowest BCUT2D eigenvalue weighted by atomic mass is 10.3. The summed E-state index contributed by atoms with van der Waals surface area (Å²) in [6.07, 6.45) is 2.48. The number of rotatable bonds is 4. The summed E-state index contributed by atoms with van der Waals surface area (Å²) >= 11 is 0. The summed E-state index contributed by atoms with van der Waals surface area (Å²) < 4.78 is 28.7. The fourth-order valence-electron chi connectivity index (χ4n) is 1.19. The summed E-state index contributed by atoms with van der Waals surface area (Å²) in [5.74, 6) is 0.588. The zero-order chi connectivity index (χ0) is 12.3. The van der Waals surface area contributed by atoms with Crippen molar-refractivity contribution in [2.24, 2.45) is 0 Å². The third kappa shape index (κ3) is 2.53. The van der Waals surface area contributed by atoms with Gasteiger partial charge < -0.3 is 4.74 Å². The second kappa shape index (κ2) is 4.42. The highest BCUT2D eigenvalue weighted by Gasteiger charge is 2.14. The Morgan fingerprint density at radius 3 is 2.53 bits per heavy atom. The molecule has 1 N–H and O–H groups in total. The van der Waals surface area contributed by atoms with E-state index in [-0.39, 0.29) is 4.90 Å². The summed E-state index contributed by atoms with van der Waals surface area (Å²) in [5, 5.41) is 3.65. The molecular formula is C9H10N4O3S. The number of nitrogens with zero attached hydrogens (tertiary/aromatic N) is 3. The molecule has 90 valence electrons. The molecular weight excluding hydrogens is 244 g/mol. The number of benzene rings is 1. The van der Waals surface area contributed by atoms with Crippen LogP contribution in [0.5, 0.6) is 5.75 Å². The van der Waals surface area contributed by atoms with E-state index in [2.05, 4.69) is 14.9 Å². The van der Waals surface area contributed by atoms with Crippen LogP contribution in [0.4, 0.5) is 0 Å². The van der Waals surface area contributed by atoms with Crippen molar-refractivity contribution in [2.75, 3.05) is 11.9 Å². The highest BCUT2D eigenvalue weighted by molar-refractivity contribution is 7.92. The molecule has 0 atom stereocenters. The normalized spacial score (nSPS) is 11.1.